The highest BCUT2D eigenvalue weighted by molar-refractivity contribution is 7.89. The fourth-order valence-electron chi connectivity index (χ4n) is 3.24. The van der Waals surface area contributed by atoms with Crippen molar-refractivity contribution in [1.82, 2.24) is 9.21 Å². The van der Waals surface area contributed by atoms with E-state index in [-0.39, 0.29) is 30.1 Å². The van der Waals surface area contributed by atoms with Gasteiger partial charge in [-0.2, -0.15) is 4.31 Å². The highest BCUT2D eigenvalue weighted by atomic mass is 32.2. The number of nitrogens with zero attached hydrogens (tertiary/aromatic N) is 2. The summed E-state index contributed by atoms with van der Waals surface area (Å²) < 4.78 is 34.4. The maximum Gasteiger partial charge on any atom is 0.247 e. The Labute approximate surface area is 175 Å². The molecule has 1 aliphatic heterocycles. The van der Waals surface area contributed by atoms with Crippen molar-refractivity contribution in [2.75, 3.05) is 33.8 Å². The van der Waals surface area contributed by atoms with Gasteiger partial charge in [0.05, 0.1) is 6.61 Å². The molecule has 162 valence electrons. The van der Waals surface area contributed by atoms with Crippen LogP contribution in [0.3, 0.4) is 0 Å². The Morgan fingerprint density at radius 2 is 2.00 bits per heavy atom. The second-order valence-electron chi connectivity index (χ2n) is 8.56. The molecule has 0 saturated carbocycles. The molecule has 0 spiro atoms. The summed E-state index contributed by atoms with van der Waals surface area (Å²) in [6, 6.07) is 4.51. The van der Waals surface area contributed by atoms with Crippen LogP contribution in [0, 0.1) is 23.7 Å². The molecule has 0 fully saturated rings. The van der Waals surface area contributed by atoms with Crippen molar-refractivity contribution < 1.29 is 18.3 Å². The van der Waals surface area contributed by atoms with Gasteiger partial charge in [0.2, 0.25) is 10.0 Å². The zero-order valence-corrected chi connectivity index (χ0v) is 19.2. The SMILES string of the molecule is CC(C)CC#Cc1ccc2c(c1)O[C@H](CN(C)C)[C@H](C)CN([C@H](C)CO)S2(=O)=O. The zero-order valence-electron chi connectivity index (χ0n) is 18.3. The van der Waals surface area contributed by atoms with Gasteiger partial charge in [-0.15, -0.1) is 0 Å². The normalized spacial score (nSPS) is 22.8. The number of hydrogen-bond donors (Lipinski definition) is 1. The summed E-state index contributed by atoms with van der Waals surface area (Å²) in [5.41, 5.74) is 0.734. The van der Waals surface area contributed by atoms with Gasteiger partial charge in [-0.3, -0.25) is 0 Å². The minimum Gasteiger partial charge on any atom is -0.487 e. The number of aliphatic hydroxyl groups excluding tert-OH is 1. The average Bonchev–Trinajstić information content (AvgIpc) is 2.63. The smallest absolute Gasteiger partial charge is 0.247 e. The van der Waals surface area contributed by atoms with Crippen LogP contribution in [-0.4, -0.2) is 68.7 Å². The highest BCUT2D eigenvalue weighted by Crippen LogP contribution is 2.34. The number of aliphatic hydroxyl groups is 1. The Bertz CT molecular complexity index is 855. The molecule has 0 radical (unpaired) electrons. The van der Waals surface area contributed by atoms with Crippen LogP contribution in [0.5, 0.6) is 5.75 Å². The molecule has 1 aromatic rings. The Hall–Kier alpha value is -1.59. The first-order valence-corrected chi connectivity index (χ1v) is 11.6. The van der Waals surface area contributed by atoms with Crippen LogP contribution in [0.1, 0.15) is 39.7 Å². The molecule has 1 aliphatic rings. The lowest BCUT2D eigenvalue weighted by Crippen LogP contribution is -2.49. The minimum atomic E-state index is -3.80. The summed E-state index contributed by atoms with van der Waals surface area (Å²) in [5, 5.41) is 9.65. The van der Waals surface area contributed by atoms with E-state index in [1.165, 1.54) is 4.31 Å². The van der Waals surface area contributed by atoms with Gasteiger partial charge in [0.25, 0.3) is 0 Å². The third-order valence-corrected chi connectivity index (χ3v) is 6.97. The Morgan fingerprint density at radius 1 is 1.31 bits per heavy atom. The van der Waals surface area contributed by atoms with E-state index in [0.717, 1.165) is 12.0 Å². The van der Waals surface area contributed by atoms with Crippen molar-refractivity contribution in [3.8, 4) is 17.6 Å². The van der Waals surface area contributed by atoms with Crippen molar-refractivity contribution >= 4 is 10.0 Å². The lowest BCUT2D eigenvalue weighted by Gasteiger charge is -2.37. The van der Waals surface area contributed by atoms with Gasteiger partial charge in [0.15, 0.2) is 0 Å². The second-order valence-corrected chi connectivity index (χ2v) is 10.4. The topological polar surface area (TPSA) is 70.1 Å². The van der Waals surface area contributed by atoms with Gasteiger partial charge >= 0.3 is 0 Å². The quantitative estimate of drug-likeness (QED) is 0.738. The number of rotatable bonds is 5. The number of benzene rings is 1. The van der Waals surface area contributed by atoms with Crippen LogP contribution in [0.4, 0.5) is 0 Å². The highest BCUT2D eigenvalue weighted by Gasteiger charge is 2.37. The van der Waals surface area contributed by atoms with E-state index in [1.54, 1.807) is 25.1 Å². The fourth-order valence-corrected chi connectivity index (χ4v) is 5.06. The maximum atomic E-state index is 13.4. The second kappa shape index (κ2) is 9.94. The lowest BCUT2D eigenvalue weighted by atomic mass is 10.0. The number of ether oxygens (including phenoxy) is 1. The first kappa shape index (κ1) is 23.7. The maximum absolute atomic E-state index is 13.4. The van der Waals surface area contributed by atoms with Gasteiger partial charge in [0, 0.05) is 37.0 Å². The number of sulfonamides is 1. The van der Waals surface area contributed by atoms with Crippen LogP contribution in [0.2, 0.25) is 0 Å². The first-order chi connectivity index (χ1) is 13.6. The molecule has 1 heterocycles. The van der Waals surface area contributed by atoms with E-state index in [1.807, 2.05) is 25.9 Å². The molecule has 7 heteroatoms. The molecule has 1 aromatic carbocycles. The Balaban J connectivity index is 2.56. The zero-order chi connectivity index (χ0) is 21.8. The molecule has 0 aromatic heterocycles. The van der Waals surface area contributed by atoms with Crippen LogP contribution in [0.25, 0.3) is 0 Å². The van der Waals surface area contributed by atoms with Gasteiger partial charge in [0.1, 0.15) is 16.7 Å². The van der Waals surface area contributed by atoms with Crippen molar-refractivity contribution in [1.29, 1.82) is 0 Å². The van der Waals surface area contributed by atoms with Crippen molar-refractivity contribution in [3.05, 3.63) is 23.8 Å². The minimum absolute atomic E-state index is 0.0509. The van der Waals surface area contributed by atoms with Crippen LogP contribution in [0.15, 0.2) is 23.1 Å². The van der Waals surface area contributed by atoms with Crippen molar-refractivity contribution in [2.45, 2.75) is 51.2 Å². The Kier molecular flexibility index (Phi) is 8.12. The molecule has 0 amide bonds. The standard InChI is InChI=1S/C22H34N2O4S/c1-16(2)8-7-9-19-10-11-22-20(12-19)28-21(14-23(5)6)17(3)13-24(18(4)15-25)29(22,26)27/h10-12,16-18,21,25H,8,13-15H2,1-6H3/t17-,18-,21-/m1/s1. The third-order valence-electron chi connectivity index (χ3n) is 4.96. The summed E-state index contributed by atoms with van der Waals surface area (Å²) in [7, 11) is 0.130. The van der Waals surface area contributed by atoms with E-state index in [2.05, 4.69) is 25.7 Å². The molecule has 0 unspecified atom stereocenters. The van der Waals surface area contributed by atoms with Crippen LogP contribution in [-0.2, 0) is 10.0 Å². The molecule has 29 heavy (non-hydrogen) atoms. The monoisotopic (exact) mass is 422 g/mol. The predicted molar refractivity (Wildman–Crippen MR) is 115 cm³/mol. The molecule has 2 rings (SSSR count). The lowest BCUT2D eigenvalue weighted by molar-refractivity contribution is 0.0812. The number of fused-ring (bicyclic) bond motifs is 1. The van der Waals surface area contributed by atoms with Crippen molar-refractivity contribution in [3.63, 3.8) is 0 Å². The van der Waals surface area contributed by atoms with Gasteiger partial charge < -0.3 is 14.7 Å². The van der Waals surface area contributed by atoms with Gasteiger partial charge in [-0.25, -0.2) is 8.42 Å². The van der Waals surface area contributed by atoms with E-state index >= 15 is 0 Å². The molecule has 0 saturated heterocycles. The van der Waals surface area contributed by atoms with Crippen LogP contribution < -0.4 is 4.74 Å². The molecule has 0 aliphatic carbocycles. The molecule has 3 atom stereocenters. The largest absolute Gasteiger partial charge is 0.487 e. The average molecular weight is 423 g/mol. The number of hydrogen-bond acceptors (Lipinski definition) is 5. The van der Waals surface area contributed by atoms with Crippen molar-refractivity contribution in [2.24, 2.45) is 11.8 Å². The summed E-state index contributed by atoms with van der Waals surface area (Å²) in [4.78, 5) is 2.16. The summed E-state index contributed by atoms with van der Waals surface area (Å²) in [6.07, 6.45) is 0.588. The third kappa shape index (κ3) is 5.95. The fraction of sp³-hybridized carbons (Fsp3) is 0.636. The van der Waals surface area contributed by atoms with Crippen LogP contribution >= 0.6 is 0 Å². The summed E-state index contributed by atoms with van der Waals surface area (Å²) in [5.74, 6) is 7.00. The van der Waals surface area contributed by atoms with Gasteiger partial charge in [-0.1, -0.05) is 32.6 Å². The van der Waals surface area contributed by atoms with E-state index in [0.29, 0.717) is 18.2 Å². The summed E-state index contributed by atoms with van der Waals surface area (Å²) >= 11 is 0. The van der Waals surface area contributed by atoms with E-state index in [9.17, 15) is 13.5 Å². The summed E-state index contributed by atoms with van der Waals surface area (Å²) in [6.45, 7) is 8.63. The molecular formula is C22H34N2O4S. The van der Waals surface area contributed by atoms with E-state index in [4.69, 9.17) is 4.74 Å². The first-order valence-electron chi connectivity index (χ1n) is 10.1. The van der Waals surface area contributed by atoms with E-state index < -0.39 is 16.1 Å². The molecular weight excluding hydrogens is 388 g/mol. The van der Waals surface area contributed by atoms with Gasteiger partial charge in [-0.05, 0) is 45.1 Å². The predicted octanol–water partition coefficient (Wildman–Crippen LogP) is 2.41. The number of likely N-dealkylation sites (N-methyl/N-ethyl adjacent to an activating group) is 1. The Morgan fingerprint density at radius 3 is 2.59 bits per heavy atom. The molecule has 0 bridgehead atoms. The molecule has 6 nitrogen and oxygen atoms in total. The molecule has 1 N–H and O–H groups in total.